The number of nitrogens with zero attached hydrogens (tertiary/aromatic N) is 1. The van der Waals surface area contributed by atoms with Crippen LogP contribution in [0.3, 0.4) is 0 Å². The lowest BCUT2D eigenvalue weighted by Crippen LogP contribution is -2.32. The molecule has 0 bridgehead atoms. The van der Waals surface area contributed by atoms with Gasteiger partial charge in [-0.25, -0.2) is 4.98 Å². The molecule has 98 valence electrons. The van der Waals surface area contributed by atoms with Crippen molar-refractivity contribution >= 4 is 11.3 Å². The first-order chi connectivity index (χ1) is 7.88. The maximum Gasteiger partial charge on any atom is 0.401 e. The third-order valence-electron chi connectivity index (χ3n) is 2.53. The molecule has 0 saturated carbocycles. The van der Waals surface area contributed by atoms with E-state index in [2.05, 4.69) is 10.3 Å². The molecule has 2 nitrogen and oxygen atoms in total. The lowest BCUT2D eigenvalue weighted by atomic mass is 10.0. The van der Waals surface area contributed by atoms with Crippen LogP contribution in [0.4, 0.5) is 13.2 Å². The molecule has 0 aliphatic carbocycles. The van der Waals surface area contributed by atoms with Crippen LogP contribution in [-0.4, -0.2) is 24.2 Å². The van der Waals surface area contributed by atoms with E-state index in [4.69, 9.17) is 0 Å². The summed E-state index contributed by atoms with van der Waals surface area (Å²) in [7, 11) is 0. The van der Waals surface area contributed by atoms with Crippen molar-refractivity contribution in [1.82, 2.24) is 10.3 Å². The summed E-state index contributed by atoms with van der Waals surface area (Å²) in [5.74, 6) is 0.235. The van der Waals surface area contributed by atoms with Crippen LogP contribution in [0.1, 0.15) is 23.9 Å². The maximum atomic E-state index is 11.9. The Morgan fingerprint density at radius 1 is 1.47 bits per heavy atom. The highest BCUT2D eigenvalue weighted by molar-refractivity contribution is 7.09. The average Bonchev–Trinajstić information content (AvgIpc) is 2.59. The van der Waals surface area contributed by atoms with Gasteiger partial charge in [-0.1, -0.05) is 6.92 Å². The van der Waals surface area contributed by atoms with Crippen molar-refractivity contribution in [2.24, 2.45) is 5.92 Å². The van der Waals surface area contributed by atoms with Gasteiger partial charge in [0.2, 0.25) is 0 Å². The zero-order valence-corrected chi connectivity index (χ0v) is 10.8. The van der Waals surface area contributed by atoms with Gasteiger partial charge in [0.25, 0.3) is 0 Å². The summed E-state index contributed by atoms with van der Waals surface area (Å²) >= 11 is 1.61. The van der Waals surface area contributed by atoms with E-state index in [1.807, 2.05) is 13.8 Å². The van der Waals surface area contributed by atoms with Gasteiger partial charge in [0.15, 0.2) is 0 Å². The van der Waals surface area contributed by atoms with Crippen molar-refractivity contribution in [3.63, 3.8) is 0 Å². The summed E-state index contributed by atoms with van der Waals surface area (Å²) in [6, 6.07) is 0. The van der Waals surface area contributed by atoms with Crippen molar-refractivity contribution in [2.45, 2.75) is 32.9 Å². The van der Waals surface area contributed by atoms with Gasteiger partial charge in [-0.05, 0) is 32.2 Å². The van der Waals surface area contributed by atoms with Gasteiger partial charge in [0.05, 0.1) is 17.7 Å². The summed E-state index contributed by atoms with van der Waals surface area (Å²) < 4.78 is 35.7. The van der Waals surface area contributed by atoms with E-state index < -0.39 is 12.7 Å². The van der Waals surface area contributed by atoms with Crippen LogP contribution in [-0.2, 0) is 6.42 Å². The summed E-state index contributed by atoms with van der Waals surface area (Å²) in [5.41, 5.74) is 2.84. The minimum Gasteiger partial charge on any atom is -0.308 e. The molecule has 0 aliphatic rings. The number of rotatable bonds is 6. The molecule has 0 spiro atoms. The van der Waals surface area contributed by atoms with Gasteiger partial charge in [-0.2, -0.15) is 13.2 Å². The number of thiazole rings is 1. The van der Waals surface area contributed by atoms with Gasteiger partial charge in [-0.3, -0.25) is 0 Å². The Kier molecular flexibility index (Phi) is 5.39. The monoisotopic (exact) mass is 266 g/mol. The van der Waals surface area contributed by atoms with Gasteiger partial charge >= 0.3 is 6.18 Å². The Morgan fingerprint density at radius 2 is 2.18 bits per heavy atom. The van der Waals surface area contributed by atoms with Crippen LogP contribution in [0.2, 0.25) is 0 Å². The molecule has 1 N–H and O–H groups in total. The average molecular weight is 266 g/mol. The van der Waals surface area contributed by atoms with Crippen molar-refractivity contribution in [1.29, 1.82) is 0 Å². The Balaban J connectivity index is 2.18. The fraction of sp³-hybridized carbons (Fsp3) is 0.727. The maximum absolute atomic E-state index is 11.9. The normalized spacial score (nSPS) is 13.9. The predicted molar refractivity (Wildman–Crippen MR) is 63.3 cm³/mol. The highest BCUT2D eigenvalue weighted by Gasteiger charge is 2.26. The predicted octanol–water partition coefficient (Wildman–Crippen LogP) is 3.17. The van der Waals surface area contributed by atoms with Crippen LogP contribution in [0.25, 0.3) is 0 Å². The van der Waals surface area contributed by atoms with Gasteiger partial charge in [0.1, 0.15) is 0 Å². The molecule has 0 saturated heterocycles. The highest BCUT2D eigenvalue weighted by atomic mass is 32.1. The molecule has 1 aromatic heterocycles. The molecule has 1 atom stereocenters. The molecule has 17 heavy (non-hydrogen) atoms. The molecule has 0 aromatic carbocycles. The Morgan fingerprint density at radius 3 is 2.71 bits per heavy atom. The van der Waals surface area contributed by atoms with Crippen LogP contribution in [0.5, 0.6) is 0 Å². The van der Waals surface area contributed by atoms with E-state index >= 15 is 0 Å². The Labute approximate surface area is 103 Å². The second-order valence-electron chi connectivity index (χ2n) is 4.25. The first-order valence-corrected chi connectivity index (χ1v) is 6.43. The molecule has 6 heteroatoms. The number of nitrogens with one attached hydrogen (secondary N) is 1. The molecule has 0 fully saturated rings. The molecule has 1 unspecified atom stereocenters. The first kappa shape index (κ1) is 14.4. The van der Waals surface area contributed by atoms with Crippen molar-refractivity contribution in [3.8, 4) is 0 Å². The Hall–Kier alpha value is -0.620. The number of hydrogen-bond acceptors (Lipinski definition) is 3. The van der Waals surface area contributed by atoms with Crippen LogP contribution in [0, 0.1) is 12.8 Å². The highest BCUT2D eigenvalue weighted by Crippen LogP contribution is 2.17. The summed E-state index contributed by atoms with van der Waals surface area (Å²) in [4.78, 5) is 5.37. The van der Waals surface area contributed by atoms with Crippen LogP contribution < -0.4 is 5.32 Å². The third-order valence-corrected chi connectivity index (χ3v) is 3.52. The number of hydrogen-bond donors (Lipinski definition) is 1. The zero-order valence-electron chi connectivity index (χ0n) is 9.97. The lowest BCUT2D eigenvalue weighted by molar-refractivity contribution is -0.125. The summed E-state index contributed by atoms with van der Waals surface area (Å²) in [6.07, 6.45) is -2.34. The Bertz CT molecular complexity index is 336. The van der Waals surface area contributed by atoms with Gasteiger partial charge in [0, 0.05) is 4.88 Å². The first-order valence-electron chi connectivity index (χ1n) is 5.55. The number of halogens is 3. The molecule has 1 rings (SSSR count). The van der Waals surface area contributed by atoms with Crippen molar-refractivity contribution < 1.29 is 13.2 Å². The SMILES string of the molecule is Cc1ncsc1CCC(C)CNCC(F)(F)F. The lowest BCUT2D eigenvalue weighted by Gasteiger charge is -2.13. The van der Waals surface area contributed by atoms with E-state index in [0.717, 1.165) is 18.5 Å². The van der Waals surface area contributed by atoms with Crippen molar-refractivity contribution in [2.75, 3.05) is 13.1 Å². The molecular weight excluding hydrogens is 249 g/mol. The summed E-state index contributed by atoms with van der Waals surface area (Å²) in [6.45, 7) is 3.41. The van der Waals surface area contributed by atoms with Crippen molar-refractivity contribution in [3.05, 3.63) is 16.1 Å². The fourth-order valence-electron chi connectivity index (χ4n) is 1.51. The zero-order chi connectivity index (χ0) is 12.9. The number of aromatic nitrogens is 1. The quantitative estimate of drug-likeness (QED) is 0.855. The molecule has 1 heterocycles. The van der Waals surface area contributed by atoms with Gasteiger partial charge < -0.3 is 5.32 Å². The fourth-order valence-corrected chi connectivity index (χ4v) is 2.30. The summed E-state index contributed by atoms with van der Waals surface area (Å²) in [5, 5.41) is 2.43. The van der Waals surface area contributed by atoms with E-state index in [1.54, 1.807) is 16.8 Å². The second kappa shape index (κ2) is 6.35. The largest absolute Gasteiger partial charge is 0.401 e. The smallest absolute Gasteiger partial charge is 0.308 e. The standard InChI is InChI=1S/C11H17F3N2S/c1-8(5-15-6-11(12,13)14)3-4-10-9(2)16-7-17-10/h7-8,15H,3-6H2,1-2H3. The molecule has 1 aromatic rings. The van der Waals surface area contributed by atoms with Crippen LogP contribution >= 0.6 is 11.3 Å². The minimum absolute atomic E-state index is 0.235. The van der Waals surface area contributed by atoms with E-state index in [0.29, 0.717) is 6.54 Å². The number of alkyl halides is 3. The van der Waals surface area contributed by atoms with E-state index in [9.17, 15) is 13.2 Å². The third kappa shape index (κ3) is 6.02. The molecule has 0 amide bonds. The molecule has 0 aliphatic heterocycles. The minimum atomic E-state index is -4.12. The van der Waals surface area contributed by atoms with E-state index in [-0.39, 0.29) is 5.92 Å². The topological polar surface area (TPSA) is 24.9 Å². The molecule has 0 radical (unpaired) electrons. The van der Waals surface area contributed by atoms with E-state index in [1.165, 1.54) is 4.88 Å². The molecular formula is C11H17F3N2S. The second-order valence-corrected chi connectivity index (χ2v) is 5.19. The van der Waals surface area contributed by atoms with Gasteiger partial charge in [-0.15, -0.1) is 11.3 Å². The van der Waals surface area contributed by atoms with Crippen LogP contribution in [0.15, 0.2) is 5.51 Å². The number of aryl methyl sites for hydroxylation is 2.